The number of hydrogen-bond donors (Lipinski definition) is 0. The van der Waals surface area contributed by atoms with Crippen LogP contribution in [0.15, 0.2) is 34.9 Å². The van der Waals surface area contributed by atoms with Crippen LogP contribution in [0.4, 0.5) is 4.39 Å². The van der Waals surface area contributed by atoms with Gasteiger partial charge in [-0.3, -0.25) is 4.85 Å². The highest BCUT2D eigenvalue weighted by molar-refractivity contribution is 5.52. The van der Waals surface area contributed by atoms with Crippen molar-refractivity contribution in [1.29, 1.82) is 0 Å². The molecule has 0 aliphatic carbocycles. The minimum Gasteiger partial charge on any atom is -0.444 e. The Bertz CT molecular complexity index is 542. The number of nitrogens with zero attached hydrogens (tertiary/aromatic N) is 2. The minimum absolute atomic E-state index is 0.323. The number of hydrogen-bond acceptors (Lipinski definition) is 3. The van der Waals surface area contributed by atoms with E-state index in [-0.39, 0.29) is 5.82 Å². The topological polar surface area (TPSA) is 39.6 Å². The third-order valence-electron chi connectivity index (χ3n) is 2.21. The molecule has 2 aromatic rings. The van der Waals surface area contributed by atoms with Gasteiger partial charge in [0.15, 0.2) is 5.69 Å². The standard InChI is InChI=1S/C12H9FN2O2/c1-14-12(16-2)10-7-17-11(15-10)8-3-5-9(13)6-4-8/h3-7,12H,2H3. The van der Waals surface area contributed by atoms with Gasteiger partial charge in [0.1, 0.15) is 12.1 Å². The second-order valence-electron chi connectivity index (χ2n) is 3.30. The zero-order valence-corrected chi connectivity index (χ0v) is 9.05. The highest BCUT2D eigenvalue weighted by atomic mass is 19.1. The first-order valence-electron chi connectivity index (χ1n) is 4.85. The molecule has 4 nitrogen and oxygen atoms in total. The molecule has 0 spiro atoms. The van der Waals surface area contributed by atoms with Crippen molar-refractivity contribution in [2.45, 2.75) is 6.23 Å². The van der Waals surface area contributed by atoms with Crippen molar-refractivity contribution in [3.05, 3.63) is 53.5 Å². The first kappa shape index (κ1) is 11.3. The van der Waals surface area contributed by atoms with E-state index in [1.54, 1.807) is 12.1 Å². The molecular formula is C12H9FN2O2. The van der Waals surface area contributed by atoms with E-state index in [1.165, 1.54) is 25.5 Å². The fraction of sp³-hybridized carbons (Fsp3) is 0.167. The lowest BCUT2D eigenvalue weighted by Crippen LogP contribution is -1.95. The summed E-state index contributed by atoms with van der Waals surface area (Å²) in [6.45, 7) is 6.91. The van der Waals surface area contributed by atoms with Crippen molar-refractivity contribution in [1.82, 2.24) is 4.98 Å². The van der Waals surface area contributed by atoms with E-state index < -0.39 is 6.23 Å². The first-order chi connectivity index (χ1) is 8.24. The molecule has 1 unspecified atom stereocenters. The third-order valence-corrected chi connectivity index (χ3v) is 2.21. The number of aromatic nitrogens is 1. The second kappa shape index (κ2) is 4.76. The van der Waals surface area contributed by atoms with Crippen LogP contribution >= 0.6 is 0 Å². The first-order valence-corrected chi connectivity index (χ1v) is 4.85. The Morgan fingerprint density at radius 1 is 1.41 bits per heavy atom. The number of ether oxygens (including phenoxy) is 1. The predicted molar refractivity (Wildman–Crippen MR) is 58.2 cm³/mol. The van der Waals surface area contributed by atoms with Crippen molar-refractivity contribution in [3.63, 3.8) is 0 Å². The smallest absolute Gasteiger partial charge is 0.374 e. The van der Waals surface area contributed by atoms with Crippen molar-refractivity contribution in [3.8, 4) is 11.5 Å². The molecule has 1 atom stereocenters. The summed E-state index contributed by atoms with van der Waals surface area (Å²) >= 11 is 0. The maximum Gasteiger partial charge on any atom is 0.374 e. The van der Waals surface area contributed by atoms with Crippen molar-refractivity contribution >= 4 is 0 Å². The molecule has 0 bridgehead atoms. The van der Waals surface area contributed by atoms with Crippen LogP contribution in [0.2, 0.25) is 0 Å². The maximum atomic E-state index is 12.7. The Labute approximate surface area is 97.5 Å². The normalized spacial score (nSPS) is 12.1. The van der Waals surface area contributed by atoms with Crippen molar-refractivity contribution in [2.75, 3.05) is 7.11 Å². The third kappa shape index (κ3) is 2.32. The summed E-state index contributed by atoms with van der Waals surface area (Å²) in [6.07, 6.45) is 0.596. The molecule has 0 aliphatic rings. The van der Waals surface area contributed by atoms with Crippen LogP contribution in [-0.4, -0.2) is 12.1 Å². The molecule has 0 saturated carbocycles. The van der Waals surface area contributed by atoms with E-state index in [1.807, 2.05) is 0 Å². The summed E-state index contributed by atoms with van der Waals surface area (Å²) in [6, 6.07) is 5.76. The fourth-order valence-electron chi connectivity index (χ4n) is 1.36. The van der Waals surface area contributed by atoms with Crippen molar-refractivity contribution in [2.24, 2.45) is 0 Å². The van der Waals surface area contributed by atoms with Gasteiger partial charge >= 0.3 is 6.23 Å². The van der Waals surface area contributed by atoms with Gasteiger partial charge in [0.05, 0.1) is 0 Å². The van der Waals surface area contributed by atoms with Gasteiger partial charge < -0.3 is 9.15 Å². The lowest BCUT2D eigenvalue weighted by atomic mass is 10.2. The van der Waals surface area contributed by atoms with Crippen LogP contribution in [0.3, 0.4) is 0 Å². The number of halogens is 1. The lowest BCUT2D eigenvalue weighted by molar-refractivity contribution is 0.137. The highest BCUT2D eigenvalue weighted by Gasteiger charge is 2.20. The molecule has 0 radical (unpaired) electrons. The average molecular weight is 232 g/mol. The van der Waals surface area contributed by atoms with E-state index in [4.69, 9.17) is 15.7 Å². The zero-order valence-electron chi connectivity index (χ0n) is 9.05. The van der Waals surface area contributed by atoms with Gasteiger partial charge in [-0.1, -0.05) is 0 Å². The minimum atomic E-state index is -0.770. The highest BCUT2D eigenvalue weighted by Crippen LogP contribution is 2.23. The molecule has 86 valence electrons. The summed E-state index contributed by atoms with van der Waals surface area (Å²) in [5, 5.41) is 0. The molecule has 17 heavy (non-hydrogen) atoms. The summed E-state index contributed by atoms with van der Waals surface area (Å²) in [5.41, 5.74) is 1.05. The Morgan fingerprint density at radius 3 is 2.71 bits per heavy atom. The van der Waals surface area contributed by atoms with Crippen LogP contribution in [0, 0.1) is 12.4 Å². The fourth-order valence-corrected chi connectivity index (χ4v) is 1.36. The van der Waals surface area contributed by atoms with E-state index in [0.29, 0.717) is 17.1 Å². The molecule has 1 heterocycles. The Balaban J connectivity index is 2.30. The summed E-state index contributed by atoms with van der Waals surface area (Å²) in [5.74, 6) is 0.0159. The largest absolute Gasteiger partial charge is 0.444 e. The second-order valence-corrected chi connectivity index (χ2v) is 3.30. The van der Waals surface area contributed by atoms with E-state index in [0.717, 1.165) is 0 Å². The molecule has 1 aromatic heterocycles. The quantitative estimate of drug-likeness (QED) is 0.763. The molecular weight excluding hydrogens is 223 g/mol. The Hall–Kier alpha value is -2.19. The molecule has 5 heteroatoms. The lowest BCUT2D eigenvalue weighted by Gasteiger charge is -1.96. The van der Waals surface area contributed by atoms with Gasteiger partial charge in [-0.2, -0.15) is 0 Å². The van der Waals surface area contributed by atoms with Gasteiger partial charge in [-0.15, -0.1) is 0 Å². The predicted octanol–water partition coefficient (Wildman–Crippen LogP) is 3.04. The van der Waals surface area contributed by atoms with E-state index in [9.17, 15) is 4.39 Å². The molecule has 0 fully saturated rings. The maximum absolute atomic E-state index is 12.7. The van der Waals surface area contributed by atoms with Gasteiger partial charge in [0, 0.05) is 12.7 Å². The summed E-state index contributed by atoms with van der Waals surface area (Å²) in [4.78, 5) is 7.37. The van der Waals surface area contributed by atoms with Gasteiger partial charge in [-0.25, -0.2) is 15.9 Å². The van der Waals surface area contributed by atoms with Crippen LogP contribution in [-0.2, 0) is 4.74 Å². The van der Waals surface area contributed by atoms with Crippen LogP contribution in [0.25, 0.3) is 16.3 Å². The molecule has 0 N–H and O–H groups in total. The molecule has 0 aliphatic heterocycles. The van der Waals surface area contributed by atoms with Crippen LogP contribution < -0.4 is 0 Å². The summed E-state index contributed by atoms with van der Waals surface area (Å²) in [7, 11) is 1.43. The number of methoxy groups -OCH3 is 1. The number of rotatable bonds is 3. The Kier molecular flexibility index (Phi) is 3.17. The van der Waals surface area contributed by atoms with Gasteiger partial charge in [0.2, 0.25) is 5.89 Å². The molecule has 1 aromatic carbocycles. The monoisotopic (exact) mass is 232 g/mol. The van der Waals surface area contributed by atoms with Crippen LogP contribution in [0.5, 0.6) is 0 Å². The van der Waals surface area contributed by atoms with E-state index >= 15 is 0 Å². The molecule has 0 amide bonds. The van der Waals surface area contributed by atoms with E-state index in [2.05, 4.69) is 9.83 Å². The van der Waals surface area contributed by atoms with Crippen LogP contribution in [0.1, 0.15) is 11.9 Å². The summed E-state index contributed by atoms with van der Waals surface area (Å²) < 4.78 is 22.9. The average Bonchev–Trinajstić information content (AvgIpc) is 2.81. The van der Waals surface area contributed by atoms with Gasteiger partial charge in [-0.05, 0) is 24.3 Å². The SMILES string of the molecule is [C-]#[N+]C(OC)c1coc(-c2ccc(F)cc2)n1. The Morgan fingerprint density at radius 2 is 2.12 bits per heavy atom. The number of benzene rings is 1. The zero-order chi connectivity index (χ0) is 12.3. The molecule has 0 saturated heterocycles. The number of oxazole rings is 1. The molecule has 2 rings (SSSR count). The van der Waals surface area contributed by atoms with Gasteiger partial charge in [0.25, 0.3) is 0 Å². The van der Waals surface area contributed by atoms with Crippen molar-refractivity contribution < 1.29 is 13.5 Å².